The summed E-state index contributed by atoms with van der Waals surface area (Å²) in [4.78, 5) is 0. The molecule has 9 aromatic rings. The minimum atomic E-state index is -2.75. The maximum absolute atomic E-state index is 6.73. The Labute approximate surface area is 315 Å². The van der Waals surface area contributed by atoms with Crippen molar-refractivity contribution in [2.75, 3.05) is 0 Å². The van der Waals surface area contributed by atoms with E-state index in [9.17, 15) is 0 Å². The van der Waals surface area contributed by atoms with Crippen molar-refractivity contribution < 1.29 is 9.47 Å². The molecule has 2 aliphatic rings. The molecule has 54 heavy (non-hydrogen) atoms. The molecule has 5 heteroatoms. The molecular weight excluding hydrogens is 673 g/mol. The first kappa shape index (κ1) is 31.0. The Morgan fingerprint density at radius 2 is 0.926 bits per heavy atom. The van der Waals surface area contributed by atoms with E-state index in [4.69, 9.17) is 9.47 Å². The van der Waals surface area contributed by atoms with E-state index >= 15 is 0 Å². The van der Waals surface area contributed by atoms with Crippen LogP contribution in [0.15, 0.2) is 188 Å². The predicted octanol–water partition coefficient (Wildman–Crippen LogP) is 7.20. The van der Waals surface area contributed by atoms with Crippen LogP contribution in [0.1, 0.15) is 5.56 Å². The van der Waals surface area contributed by atoms with Crippen LogP contribution in [0.3, 0.4) is 0 Å². The number of para-hydroxylation sites is 3. The van der Waals surface area contributed by atoms with E-state index in [1.165, 1.54) is 37.1 Å². The Kier molecular flexibility index (Phi) is 6.88. The Morgan fingerprint density at radius 3 is 1.56 bits per heavy atom. The number of hydrogen-bond donors (Lipinski definition) is 0. The van der Waals surface area contributed by atoms with E-state index in [1.54, 1.807) is 0 Å². The van der Waals surface area contributed by atoms with Gasteiger partial charge in [0.25, 0.3) is 6.71 Å². The van der Waals surface area contributed by atoms with E-state index in [0.29, 0.717) is 0 Å². The zero-order chi connectivity index (χ0) is 35.8. The van der Waals surface area contributed by atoms with Gasteiger partial charge in [0.15, 0.2) is 8.07 Å². The van der Waals surface area contributed by atoms with Gasteiger partial charge in [-0.1, -0.05) is 157 Å². The molecule has 0 spiro atoms. The highest BCUT2D eigenvalue weighted by Gasteiger charge is 2.42. The van der Waals surface area contributed by atoms with E-state index in [0.717, 1.165) is 56.1 Å². The molecule has 11 rings (SSSR count). The topological polar surface area (TPSA) is 23.4 Å². The summed E-state index contributed by atoms with van der Waals surface area (Å²) < 4.78 is 15.9. The summed E-state index contributed by atoms with van der Waals surface area (Å²) >= 11 is 0. The summed E-state index contributed by atoms with van der Waals surface area (Å²) in [7, 11) is -2.75. The second-order valence-corrected chi connectivity index (χ2v) is 18.3. The van der Waals surface area contributed by atoms with Gasteiger partial charge in [-0.2, -0.15) is 0 Å². The predicted molar refractivity (Wildman–Crippen MR) is 227 cm³/mol. The Hall–Kier alpha value is -6.56. The van der Waals surface area contributed by atoms with Gasteiger partial charge in [0.2, 0.25) is 0 Å². The van der Waals surface area contributed by atoms with Gasteiger partial charge in [0, 0.05) is 28.4 Å². The first-order chi connectivity index (χ1) is 26.7. The second-order valence-electron chi connectivity index (χ2n) is 14.5. The van der Waals surface area contributed by atoms with Crippen molar-refractivity contribution in [3.63, 3.8) is 0 Å². The van der Waals surface area contributed by atoms with Crippen LogP contribution in [0, 0.1) is 6.92 Å². The molecule has 0 saturated carbocycles. The van der Waals surface area contributed by atoms with E-state index in [2.05, 4.69) is 200 Å². The molecule has 0 amide bonds. The zero-order valence-corrected chi connectivity index (χ0v) is 30.7. The summed E-state index contributed by atoms with van der Waals surface area (Å²) in [5.74, 6) is 3.45. The summed E-state index contributed by atoms with van der Waals surface area (Å²) in [6.45, 7) is 2.21. The van der Waals surface area contributed by atoms with Crippen LogP contribution in [0.4, 0.5) is 0 Å². The second kappa shape index (κ2) is 12.0. The molecule has 0 saturated heterocycles. The van der Waals surface area contributed by atoms with Crippen molar-refractivity contribution in [1.82, 2.24) is 4.57 Å². The van der Waals surface area contributed by atoms with Crippen LogP contribution < -0.4 is 46.6 Å². The Balaban J connectivity index is 1.17. The van der Waals surface area contributed by atoms with Gasteiger partial charge < -0.3 is 14.0 Å². The van der Waals surface area contributed by atoms with E-state index < -0.39 is 8.07 Å². The van der Waals surface area contributed by atoms with Crippen LogP contribution in [0.5, 0.6) is 23.0 Å². The van der Waals surface area contributed by atoms with Crippen LogP contribution >= 0.6 is 0 Å². The fourth-order valence-electron chi connectivity index (χ4n) is 9.17. The molecule has 0 radical (unpaired) electrons. The Morgan fingerprint density at radius 1 is 0.426 bits per heavy atom. The third-order valence-corrected chi connectivity index (χ3v) is 16.3. The van der Waals surface area contributed by atoms with Gasteiger partial charge in [0.1, 0.15) is 23.0 Å². The molecular formula is C49H34BNO2Si. The average molecular weight is 708 g/mol. The highest BCUT2D eigenvalue weighted by atomic mass is 28.3. The summed E-state index contributed by atoms with van der Waals surface area (Å²) in [6, 6.07) is 68.8. The van der Waals surface area contributed by atoms with Gasteiger partial charge in [-0.25, -0.2) is 0 Å². The molecule has 8 aromatic carbocycles. The van der Waals surface area contributed by atoms with Crippen LogP contribution in [-0.2, 0) is 0 Å². The molecule has 3 nitrogen and oxygen atoms in total. The van der Waals surface area contributed by atoms with Crippen molar-refractivity contribution in [1.29, 1.82) is 0 Å². The lowest BCUT2D eigenvalue weighted by Gasteiger charge is -2.34. The lowest BCUT2D eigenvalue weighted by atomic mass is 9.35. The molecule has 0 aliphatic carbocycles. The van der Waals surface area contributed by atoms with E-state index in [1.807, 2.05) is 0 Å². The minimum absolute atomic E-state index is 0.0375. The van der Waals surface area contributed by atoms with Gasteiger partial charge in [0.05, 0.1) is 16.7 Å². The van der Waals surface area contributed by atoms with Gasteiger partial charge in [-0.05, 0) is 62.9 Å². The third-order valence-electron chi connectivity index (χ3n) is 11.5. The number of aryl methyl sites for hydroxylation is 1. The summed E-state index contributed by atoms with van der Waals surface area (Å²) in [5, 5.41) is 7.88. The fourth-order valence-corrected chi connectivity index (χ4v) is 13.9. The monoisotopic (exact) mass is 707 g/mol. The molecule has 2 aliphatic heterocycles. The summed E-state index contributed by atoms with van der Waals surface area (Å²) in [6.07, 6.45) is 0. The molecule has 0 fully saturated rings. The smallest absolute Gasteiger partial charge is 0.260 e. The fraction of sp³-hybridized carbons (Fsp3) is 0.0204. The van der Waals surface area contributed by atoms with Crippen LogP contribution in [-0.4, -0.2) is 19.4 Å². The lowest BCUT2D eigenvalue weighted by Crippen LogP contribution is -2.74. The van der Waals surface area contributed by atoms with Gasteiger partial charge in [-0.3, -0.25) is 0 Å². The number of fused-ring (bicyclic) bond motifs is 7. The number of ether oxygens (including phenoxy) is 2. The normalized spacial score (nSPS) is 12.8. The SMILES string of the molecule is Cc1ccc([Si](c2ccccc2)(c2ccccc2)c2ccc3c(c2)c2ccccc2n3-c2cc3c4c(c2)Oc2ccccc2B4c2ccccc2O3)cc1. The van der Waals surface area contributed by atoms with Crippen molar-refractivity contribution >= 4 is 73.7 Å². The van der Waals surface area contributed by atoms with E-state index in [-0.39, 0.29) is 6.71 Å². The summed E-state index contributed by atoms with van der Waals surface area (Å²) in [5.41, 5.74) is 7.96. The maximum atomic E-state index is 6.73. The highest BCUT2D eigenvalue weighted by molar-refractivity contribution is 7.20. The largest absolute Gasteiger partial charge is 0.458 e. The van der Waals surface area contributed by atoms with Crippen LogP contribution in [0.25, 0.3) is 27.5 Å². The number of hydrogen-bond acceptors (Lipinski definition) is 2. The standard InChI is InChI=1S/C49H34BNO2Si/c1-33-24-26-37(27-25-33)54(35-14-4-2-5-15-35,36-16-6-3-7-17-36)38-28-29-44-40(32-38)39-18-8-11-21-43(39)51(44)34-30-47-49-48(31-34)53-46-23-13-10-20-42(46)50(49)41-19-9-12-22-45(41)52-47/h2-32H,1H3. The number of benzene rings is 8. The first-order valence-electron chi connectivity index (χ1n) is 18.6. The Bertz CT molecular complexity index is 2790. The molecule has 3 heterocycles. The average Bonchev–Trinajstić information content (AvgIpc) is 3.56. The number of nitrogens with zero attached hydrogens (tertiary/aromatic N) is 1. The highest BCUT2D eigenvalue weighted by Crippen LogP contribution is 2.39. The molecule has 254 valence electrons. The lowest BCUT2D eigenvalue weighted by molar-refractivity contribution is 0.464. The van der Waals surface area contributed by atoms with Crippen LogP contribution in [0.2, 0.25) is 0 Å². The molecule has 0 unspecified atom stereocenters. The zero-order valence-electron chi connectivity index (χ0n) is 29.7. The van der Waals surface area contributed by atoms with Crippen molar-refractivity contribution in [2.24, 2.45) is 0 Å². The maximum Gasteiger partial charge on any atom is 0.260 e. The quantitative estimate of drug-likeness (QED) is 0.140. The molecule has 1 aromatic heterocycles. The third kappa shape index (κ3) is 4.49. The van der Waals surface area contributed by atoms with Crippen molar-refractivity contribution in [3.8, 4) is 28.7 Å². The first-order valence-corrected chi connectivity index (χ1v) is 20.6. The van der Waals surface area contributed by atoms with Gasteiger partial charge >= 0.3 is 0 Å². The number of rotatable bonds is 5. The molecule has 0 bridgehead atoms. The van der Waals surface area contributed by atoms with Crippen molar-refractivity contribution in [3.05, 3.63) is 194 Å². The van der Waals surface area contributed by atoms with Gasteiger partial charge in [-0.15, -0.1) is 0 Å². The molecule has 0 atom stereocenters. The van der Waals surface area contributed by atoms with Crippen molar-refractivity contribution in [2.45, 2.75) is 6.92 Å². The molecule has 0 N–H and O–H groups in total. The minimum Gasteiger partial charge on any atom is -0.458 e. The number of aromatic nitrogens is 1.